The summed E-state index contributed by atoms with van der Waals surface area (Å²) < 4.78 is 11.4. The number of halogens is 1. The average molecular weight is 495 g/mol. The molecule has 7 nitrogen and oxygen atoms in total. The molecule has 1 aromatic heterocycles. The van der Waals surface area contributed by atoms with Gasteiger partial charge < -0.3 is 19.5 Å². The summed E-state index contributed by atoms with van der Waals surface area (Å²) in [5.41, 5.74) is 1.23. The molecule has 1 aromatic carbocycles. The number of methoxy groups -OCH3 is 2. The number of aliphatic hydroxyl groups excluding tert-OH is 1. The summed E-state index contributed by atoms with van der Waals surface area (Å²) in [5, 5.41) is 11.5. The van der Waals surface area contributed by atoms with Crippen LogP contribution in [0.25, 0.3) is 0 Å². The van der Waals surface area contributed by atoms with E-state index < -0.39 is 23.5 Å². The number of Topliss-reactive ketones (excluding diaryl/α,β-unsaturated/α-hetero) is 1. The SMILES string of the molecule is COCCCN1C(=O)C(O)=C(C(=O)c2sc(C)nc2C)C1c1cc(Br)ccc1OC. The van der Waals surface area contributed by atoms with Crippen LogP contribution in [-0.2, 0) is 9.53 Å². The standard InChI is InChI=1S/C21H23BrN2O5S/c1-11-20(30-12(2)23-11)18(25)16-17(14-10-13(22)6-7-15(14)29-4)24(8-5-9-28-3)21(27)19(16)26/h6-7,10,17,26H,5,8-9H2,1-4H3. The molecule has 30 heavy (non-hydrogen) atoms. The minimum absolute atomic E-state index is 0.0422. The van der Waals surface area contributed by atoms with Crippen LogP contribution in [0.15, 0.2) is 34.0 Å². The van der Waals surface area contributed by atoms with Gasteiger partial charge in [-0.25, -0.2) is 4.98 Å². The van der Waals surface area contributed by atoms with Crippen LogP contribution in [-0.4, -0.2) is 54.1 Å². The van der Waals surface area contributed by atoms with E-state index in [1.165, 1.54) is 23.3 Å². The Morgan fingerprint density at radius 3 is 2.67 bits per heavy atom. The third-order valence-corrected chi connectivity index (χ3v) is 6.46. The maximum atomic E-state index is 13.5. The highest BCUT2D eigenvalue weighted by atomic mass is 79.9. The third-order valence-electron chi connectivity index (χ3n) is 4.89. The number of ether oxygens (including phenoxy) is 2. The van der Waals surface area contributed by atoms with Crippen molar-refractivity contribution in [3.63, 3.8) is 0 Å². The lowest BCUT2D eigenvalue weighted by molar-refractivity contribution is -0.129. The van der Waals surface area contributed by atoms with Gasteiger partial charge in [-0.15, -0.1) is 11.3 Å². The second-order valence-electron chi connectivity index (χ2n) is 6.87. The molecule has 160 valence electrons. The summed E-state index contributed by atoms with van der Waals surface area (Å²) in [6.07, 6.45) is 0.558. The fraction of sp³-hybridized carbons (Fsp3) is 0.381. The molecule has 1 unspecified atom stereocenters. The summed E-state index contributed by atoms with van der Waals surface area (Å²) >= 11 is 4.70. The number of ketones is 1. The van der Waals surface area contributed by atoms with Crippen molar-refractivity contribution in [2.24, 2.45) is 0 Å². The molecule has 2 aromatic rings. The van der Waals surface area contributed by atoms with E-state index >= 15 is 0 Å². The molecule has 0 spiro atoms. The predicted molar refractivity (Wildman–Crippen MR) is 117 cm³/mol. The van der Waals surface area contributed by atoms with Crippen molar-refractivity contribution < 1.29 is 24.2 Å². The largest absolute Gasteiger partial charge is 0.503 e. The Morgan fingerprint density at radius 1 is 1.33 bits per heavy atom. The normalized spacial score (nSPS) is 16.5. The fourth-order valence-electron chi connectivity index (χ4n) is 3.60. The van der Waals surface area contributed by atoms with E-state index in [0.29, 0.717) is 41.5 Å². The number of aryl methyl sites for hydroxylation is 2. The average Bonchev–Trinajstić information content (AvgIpc) is 3.18. The lowest BCUT2D eigenvalue weighted by Crippen LogP contribution is -2.32. The van der Waals surface area contributed by atoms with E-state index in [2.05, 4.69) is 20.9 Å². The van der Waals surface area contributed by atoms with Crippen LogP contribution in [0.2, 0.25) is 0 Å². The first-order valence-electron chi connectivity index (χ1n) is 9.35. The van der Waals surface area contributed by atoms with Crippen LogP contribution < -0.4 is 4.74 Å². The van der Waals surface area contributed by atoms with Crippen LogP contribution >= 0.6 is 27.3 Å². The van der Waals surface area contributed by atoms with E-state index in [-0.39, 0.29) is 5.57 Å². The Kier molecular flexibility index (Phi) is 6.95. The van der Waals surface area contributed by atoms with Gasteiger partial charge in [0.15, 0.2) is 5.76 Å². The first-order valence-corrected chi connectivity index (χ1v) is 11.0. The van der Waals surface area contributed by atoms with Gasteiger partial charge in [-0.05, 0) is 38.5 Å². The number of thiazole rings is 1. The predicted octanol–water partition coefficient (Wildman–Crippen LogP) is 4.15. The fourth-order valence-corrected chi connectivity index (χ4v) is 4.85. The number of benzene rings is 1. The van der Waals surface area contributed by atoms with E-state index in [1.807, 2.05) is 13.0 Å². The molecular formula is C21H23BrN2O5S. The zero-order chi connectivity index (χ0) is 22.0. The van der Waals surface area contributed by atoms with Crippen LogP contribution in [0.1, 0.15) is 38.4 Å². The Bertz CT molecular complexity index is 1020. The van der Waals surface area contributed by atoms with Gasteiger partial charge in [0.1, 0.15) is 5.75 Å². The molecule has 1 amide bonds. The minimum atomic E-state index is -0.781. The van der Waals surface area contributed by atoms with Crippen molar-refractivity contribution >= 4 is 39.0 Å². The van der Waals surface area contributed by atoms with Crippen molar-refractivity contribution in [1.82, 2.24) is 9.88 Å². The van der Waals surface area contributed by atoms with Crippen molar-refractivity contribution in [2.75, 3.05) is 27.4 Å². The lowest BCUT2D eigenvalue weighted by atomic mass is 9.94. The molecule has 0 bridgehead atoms. The molecule has 3 rings (SSSR count). The van der Waals surface area contributed by atoms with Gasteiger partial charge >= 0.3 is 0 Å². The summed E-state index contributed by atoms with van der Waals surface area (Å²) in [5.74, 6) is -0.995. The molecule has 1 N–H and O–H groups in total. The summed E-state index contributed by atoms with van der Waals surface area (Å²) in [4.78, 5) is 32.7. The zero-order valence-corrected chi connectivity index (χ0v) is 19.6. The van der Waals surface area contributed by atoms with Crippen LogP contribution in [0.3, 0.4) is 0 Å². The number of rotatable bonds is 8. The van der Waals surface area contributed by atoms with Gasteiger partial charge in [0.25, 0.3) is 5.91 Å². The zero-order valence-electron chi connectivity index (χ0n) is 17.2. The van der Waals surface area contributed by atoms with E-state index in [1.54, 1.807) is 26.2 Å². The van der Waals surface area contributed by atoms with Crippen molar-refractivity contribution in [3.8, 4) is 5.75 Å². The molecule has 0 fully saturated rings. The van der Waals surface area contributed by atoms with Gasteiger partial charge in [-0.3, -0.25) is 9.59 Å². The van der Waals surface area contributed by atoms with E-state index in [4.69, 9.17) is 9.47 Å². The number of amides is 1. The molecule has 2 heterocycles. The van der Waals surface area contributed by atoms with Crippen molar-refractivity contribution in [1.29, 1.82) is 0 Å². The molecule has 9 heteroatoms. The topological polar surface area (TPSA) is 89.0 Å². The van der Waals surface area contributed by atoms with Gasteiger partial charge in [0.2, 0.25) is 5.78 Å². The third kappa shape index (κ3) is 4.14. The molecule has 0 aliphatic carbocycles. The van der Waals surface area contributed by atoms with E-state index in [9.17, 15) is 14.7 Å². The summed E-state index contributed by atoms with van der Waals surface area (Å²) in [6, 6.07) is 4.60. The minimum Gasteiger partial charge on any atom is -0.503 e. The Balaban J connectivity index is 2.15. The van der Waals surface area contributed by atoms with Crippen molar-refractivity contribution in [2.45, 2.75) is 26.3 Å². The molecule has 1 aliphatic heterocycles. The maximum absolute atomic E-state index is 13.5. The van der Waals surface area contributed by atoms with Gasteiger partial charge in [0.05, 0.1) is 34.3 Å². The highest BCUT2D eigenvalue weighted by Crippen LogP contribution is 2.44. The second kappa shape index (κ2) is 9.28. The smallest absolute Gasteiger partial charge is 0.290 e. The monoisotopic (exact) mass is 494 g/mol. The van der Waals surface area contributed by atoms with E-state index in [0.717, 1.165) is 9.48 Å². The number of aromatic nitrogens is 1. The molecular weight excluding hydrogens is 472 g/mol. The molecule has 1 aliphatic rings. The van der Waals surface area contributed by atoms with Crippen LogP contribution in [0.5, 0.6) is 5.75 Å². The first-order chi connectivity index (χ1) is 14.3. The van der Waals surface area contributed by atoms with Crippen LogP contribution in [0.4, 0.5) is 0 Å². The summed E-state index contributed by atoms with van der Waals surface area (Å²) in [6.45, 7) is 4.32. The second-order valence-corrected chi connectivity index (χ2v) is 8.99. The number of hydrogen-bond donors (Lipinski definition) is 1. The molecule has 0 radical (unpaired) electrons. The highest BCUT2D eigenvalue weighted by Gasteiger charge is 2.45. The Hall–Kier alpha value is -2.23. The van der Waals surface area contributed by atoms with Gasteiger partial charge in [0, 0.05) is 30.3 Å². The quantitative estimate of drug-likeness (QED) is 0.438. The number of carbonyl (C=O) groups excluding carboxylic acids is 2. The molecule has 1 atom stereocenters. The first kappa shape index (κ1) is 22.5. The van der Waals surface area contributed by atoms with Gasteiger partial charge in [-0.1, -0.05) is 15.9 Å². The van der Waals surface area contributed by atoms with Gasteiger partial charge in [-0.2, -0.15) is 0 Å². The summed E-state index contributed by atoms with van der Waals surface area (Å²) in [7, 11) is 3.11. The van der Waals surface area contributed by atoms with Crippen LogP contribution in [0, 0.1) is 13.8 Å². The highest BCUT2D eigenvalue weighted by molar-refractivity contribution is 9.10. The maximum Gasteiger partial charge on any atom is 0.290 e. The number of hydrogen-bond acceptors (Lipinski definition) is 7. The molecule has 0 saturated heterocycles. The lowest BCUT2D eigenvalue weighted by Gasteiger charge is -2.28. The number of carbonyl (C=O) groups is 2. The number of aliphatic hydroxyl groups is 1. The Morgan fingerprint density at radius 2 is 2.07 bits per heavy atom. The number of nitrogens with zero attached hydrogens (tertiary/aromatic N) is 2. The Labute approximate surface area is 187 Å². The molecule has 0 saturated carbocycles. The van der Waals surface area contributed by atoms with Crippen molar-refractivity contribution in [3.05, 3.63) is 55.1 Å².